The van der Waals surface area contributed by atoms with Gasteiger partial charge in [0.25, 0.3) is 0 Å². The molecule has 0 bridgehead atoms. The molecular weight excluding hydrogens is 475 g/mol. The Morgan fingerprint density at radius 3 is 2.74 bits per heavy atom. The van der Waals surface area contributed by atoms with Crippen LogP contribution in [0.3, 0.4) is 0 Å². The molecule has 0 saturated heterocycles. The number of aryl methyl sites for hydroxylation is 1. The Morgan fingerprint density at radius 2 is 2.06 bits per heavy atom. The van der Waals surface area contributed by atoms with Crippen LogP contribution in [0.25, 0.3) is 22.6 Å². The molecule has 35 heavy (non-hydrogen) atoms. The third-order valence-electron chi connectivity index (χ3n) is 5.55. The van der Waals surface area contributed by atoms with Crippen molar-refractivity contribution in [3.8, 4) is 22.6 Å². The van der Waals surface area contributed by atoms with Gasteiger partial charge in [-0.05, 0) is 44.4 Å². The number of anilines is 1. The Bertz CT molecular complexity index is 1340. The second-order valence-corrected chi connectivity index (χ2v) is 10.3. The van der Waals surface area contributed by atoms with Crippen molar-refractivity contribution in [3.63, 3.8) is 0 Å². The quantitative estimate of drug-likeness (QED) is 0.406. The van der Waals surface area contributed by atoms with Crippen LogP contribution >= 0.6 is 0 Å². The molecule has 1 fully saturated rings. The maximum absolute atomic E-state index is 15.4. The Morgan fingerprint density at radius 1 is 1.29 bits per heavy atom. The van der Waals surface area contributed by atoms with Crippen molar-refractivity contribution >= 4 is 21.8 Å². The number of alkyl carbamates (subject to hydrolysis) is 1. The first kappa shape index (κ1) is 24.6. The number of sulfonamides is 1. The van der Waals surface area contributed by atoms with Crippen molar-refractivity contribution in [3.05, 3.63) is 47.9 Å². The zero-order valence-electron chi connectivity index (χ0n) is 19.6. The number of halogens is 1. The number of H-pyrrole nitrogens is 1. The van der Waals surface area contributed by atoms with Crippen LogP contribution in [-0.2, 0) is 21.2 Å². The second-order valence-electron chi connectivity index (χ2n) is 8.60. The average molecular weight is 503 g/mol. The van der Waals surface area contributed by atoms with Crippen LogP contribution in [-0.4, -0.2) is 53.9 Å². The number of rotatable bonds is 9. The van der Waals surface area contributed by atoms with Gasteiger partial charge in [0.15, 0.2) is 5.82 Å². The number of methoxy groups -OCH3 is 1. The molecule has 0 radical (unpaired) electrons. The highest BCUT2D eigenvalue weighted by atomic mass is 32.2. The number of benzene rings is 1. The van der Waals surface area contributed by atoms with Crippen molar-refractivity contribution in [1.29, 1.82) is 0 Å². The summed E-state index contributed by atoms with van der Waals surface area (Å²) in [6.45, 7) is 1.86. The van der Waals surface area contributed by atoms with Gasteiger partial charge < -0.3 is 15.0 Å². The number of aromatic amines is 1. The fraction of sp³-hybridized carbons (Fsp3) is 0.391. The Kier molecular flexibility index (Phi) is 7.01. The fourth-order valence-corrected chi connectivity index (χ4v) is 4.21. The third kappa shape index (κ3) is 6.13. The molecule has 1 aliphatic carbocycles. The lowest BCUT2D eigenvalue weighted by Gasteiger charge is -2.12. The number of imidazole rings is 1. The summed E-state index contributed by atoms with van der Waals surface area (Å²) >= 11 is 0. The third-order valence-corrected chi connectivity index (χ3v) is 6.14. The number of carbonyl (C=O) groups excluding carboxylic acids is 1. The van der Waals surface area contributed by atoms with E-state index in [1.54, 1.807) is 24.4 Å². The highest BCUT2D eigenvalue weighted by molar-refractivity contribution is 7.92. The van der Waals surface area contributed by atoms with Gasteiger partial charge in [-0.15, -0.1) is 0 Å². The lowest BCUT2D eigenvalue weighted by Crippen LogP contribution is -2.32. The standard InChI is InChI=1S/C23H27FN6O4S/c1-13(26-23(31)34-2)7-10-18-25-12-11-17(27-18)21-20(28-22(29-21)14-8-9-14)15-5-4-6-16(19(15)24)30-35(3,32)33/h4-6,11-14,30H,7-10H2,1-3H3,(H,26,31)(H,28,29)/t13-/m0/s1. The van der Waals surface area contributed by atoms with Crippen LogP contribution in [0.15, 0.2) is 30.5 Å². The van der Waals surface area contributed by atoms with Crippen LogP contribution < -0.4 is 10.0 Å². The number of carbonyl (C=O) groups is 1. The molecule has 12 heteroatoms. The predicted octanol–water partition coefficient (Wildman–Crippen LogP) is 3.60. The summed E-state index contributed by atoms with van der Waals surface area (Å²) in [5.74, 6) is 0.855. The van der Waals surface area contributed by atoms with Crippen molar-refractivity contribution in [1.82, 2.24) is 25.3 Å². The minimum atomic E-state index is -3.66. The molecule has 1 aromatic carbocycles. The minimum Gasteiger partial charge on any atom is -0.453 e. The van der Waals surface area contributed by atoms with E-state index in [2.05, 4.69) is 34.7 Å². The van der Waals surface area contributed by atoms with Gasteiger partial charge in [-0.3, -0.25) is 4.72 Å². The zero-order chi connectivity index (χ0) is 25.2. The molecule has 1 amide bonds. The molecule has 1 saturated carbocycles. The van der Waals surface area contributed by atoms with E-state index in [4.69, 9.17) is 0 Å². The Labute approximate surface area is 202 Å². The summed E-state index contributed by atoms with van der Waals surface area (Å²) in [7, 11) is -2.35. The van der Waals surface area contributed by atoms with E-state index in [0.717, 1.165) is 24.9 Å². The van der Waals surface area contributed by atoms with Gasteiger partial charge in [-0.2, -0.15) is 0 Å². The maximum Gasteiger partial charge on any atom is 0.407 e. The molecule has 3 N–H and O–H groups in total. The van der Waals surface area contributed by atoms with E-state index < -0.39 is 21.9 Å². The second kappa shape index (κ2) is 9.98. The van der Waals surface area contributed by atoms with Gasteiger partial charge in [0.05, 0.1) is 30.4 Å². The molecule has 2 heterocycles. The molecule has 1 aliphatic rings. The number of nitrogens with one attached hydrogen (secondary N) is 3. The van der Waals surface area contributed by atoms with Gasteiger partial charge in [0.2, 0.25) is 10.0 Å². The number of amides is 1. The highest BCUT2D eigenvalue weighted by Crippen LogP contribution is 2.42. The molecule has 10 nitrogen and oxygen atoms in total. The van der Waals surface area contributed by atoms with Crippen LogP contribution in [0.1, 0.15) is 43.8 Å². The molecule has 0 spiro atoms. The lowest BCUT2D eigenvalue weighted by molar-refractivity contribution is 0.167. The SMILES string of the molecule is COC(=O)N[C@@H](C)CCc1nccc(-c2[nH]c(C3CC3)nc2-c2cccc(NS(C)(=O)=O)c2F)n1. The molecule has 0 unspecified atom stereocenters. The molecular formula is C23H27FN6O4S. The number of nitrogens with zero attached hydrogens (tertiary/aromatic N) is 3. The smallest absolute Gasteiger partial charge is 0.407 e. The van der Waals surface area contributed by atoms with E-state index in [9.17, 15) is 13.2 Å². The van der Waals surface area contributed by atoms with Crippen LogP contribution in [0.5, 0.6) is 0 Å². The van der Waals surface area contributed by atoms with E-state index in [-0.39, 0.29) is 23.2 Å². The van der Waals surface area contributed by atoms with Crippen molar-refractivity contribution in [2.75, 3.05) is 18.1 Å². The van der Waals surface area contributed by atoms with Crippen LogP contribution in [0, 0.1) is 5.82 Å². The summed E-state index contributed by atoms with van der Waals surface area (Å²) in [5, 5.41) is 2.70. The average Bonchev–Trinajstić information content (AvgIpc) is 3.57. The topological polar surface area (TPSA) is 139 Å². The minimum absolute atomic E-state index is 0.141. The molecule has 3 aromatic rings. The molecule has 186 valence electrons. The molecule has 2 aromatic heterocycles. The first-order valence-electron chi connectivity index (χ1n) is 11.2. The number of hydrogen-bond donors (Lipinski definition) is 3. The van der Waals surface area contributed by atoms with Crippen LogP contribution in [0.2, 0.25) is 0 Å². The summed E-state index contributed by atoms with van der Waals surface area (Å²) in [5.41, 5.74) is 1.44. The monoisotopic (exact) mass is 502 g/mol. The van der Waals surface area contributed by atoms with Gasteiger partial charge in [-0.1, -0.05) is 6.07 Å². The van der Waals surface area contributed by atoms with E-state index >= 15 is 4.39 Å². The van der Waals surface area contributed by atoms with Crippen LogP contribution in [0.4, 0.5) is 14.9 Å². The fourth-order valence-electron chi connectivity index (χ4n) is 3.65. The Balaban J connectivity index is 1.66. The molecule has 4 rings (SSSR count). The van der Waals surface area contributed by atoms with Gasteiger partial charge >= 0.3 is 6.09 Å². The van der Waals surface area contributed by atoms with Gasteiger partial charge in [0.1, 0.15) is 17.3 Å². The van der Waals surface area contributed by atoms with E-state index in [1.165, 1.54) is 13.2 Å². The molecule has 0 aliphatic heterocycles. The summed E-state index contributed by atoms with van der Waals surface area (Å²) in [6, 6.07) is 6.06. The highest BCUT2D eigenvalue weighted by Gasteiger charge is 2.30. The number of ether oxygens (including phenoxy) is 1. The predicted molar refractivity (Wildman–Crippen MR) is 129 cm³/mol. The Hall–Kier alpha value is -3.54. The van der Waals surface area contributed by atoms with Crippen molar-refractivity contribution < 1.29 is 22.3 Å². The first-order chi connectivity index (χ1) is 16.6. The summed E-state index contributed by atoms with van der Waals surface area (Å²) < 4.78 is 45.5. The zero-order valence-corrected chi connectivity index (χ0v) is 20.4. The summed E-state index contributed by atoms with van der Waals surface area (Å²) in [6.07, 6.45) is 5.16. The normalized spacial score (nSPS) is 14.4. The van der Waals surface area contributed by atoms with Crippen molar-refractivity contribution in [2.24, 2.45) is 0 Å². The number of hydrogen-bond acceptors (Lipinski definition) is 7. The first-order valence-corrected chi connectivity index (χ1v) is 13.1. The number of aromatic nitrogens is 4. The summed E-state index contributed by atoms with van der Waals surface area (Å²) in [4.78, 5) is 28.3. The van der Waals surface area contributed by atoms with Crippen molar-refractivity contribution in [2.45, 2.75) is 44.6 Å². The molecule has 1 atom stereocenters. The van der Waals surface area contributed by atoms with Gasteiger partial charge in [-0.25, -0.2) is 32.6 Å². The van der Waals surface area contributed by atoms with Gasteiger partial charge in [0, 0.05) is 30.1 Å². The lowest BCUT2D eigenvalue weighted by atomic mass is 10.1. The van der Waals surface area contributed by atoms with E-state index in [1.807, 2.05) is 6.92 Å². The maximum atomic E-state index is 15.4. The largest absolute Gasteiger partial charge is 0.453 e. The van der Waals surface area contributed by atoms with E-state index in [0.29, 0.717) is 35.7 Å².